The fourth-order valence-corrected chi connectivity index (χ4v) is 7.22. The van der Waals surface area contributed by atoms with Gasteiger partial charge in [0, 0.05) is 6.42 Å². The summed E-state index contributed by atoms with van der Waals surface area (Å²) in [6, 6.07) is -0.814. The highest BCUT2D eigenvalue weighted by Gasteiger charge is 2.24. The van der Waals surface area contributed by atoms with E-state index < -0.39 is 20.0 Å². The maximum Gasteiger partial charge on any atom is 0.268 e. The summed E-state index contributed by atoms with van der Waals surface area (Å²) in [5.74, 6) is -0.177. The van der Waals surface area contributed by atoms with Crippen LogP contribution in [0.1, 0.15) is 206 Å². The van der Waals surface area contributed by atoms with Gasteiger partial charge in [-0.1, -0.05) is 160 Å². The number of amides is 1. The van der Waals surface area contributed by atoms with Crippen LogP contribution in [-0.2, 0) is 18.4 Å². The predicted octanol–water partition coefficient (Wildman–Crippen LogP) is 11.9. The van der Waals surface area contributed by atoms with Crippen LogP contribution < -0.4 is 10.2 Å². The van der Waals surface area contributed by atoms with Crippen LogP contribution in [-0.4, -0.2) is 68.5 Å². The van der Waals surface area contributed by atoms with Gasteiger partial charge in [-0.15, -0.1) is 0 Å². The molecule has 54 heavy (non-hydrogen) atoms. The third kappa shape index (κ3) is 39.2. The summed E-state index contributed by atoms with van der Waals surface area (Å²) in [5, 5.41) is 13.9. The number of allylic oxidation sites excluding steroid dienone is 4. The van der Waals surface area contributed by atoms with Gasteiger partial charge in [0.2, 0.25) is 5.91 Å². The molecule has 8 nitrogen and oxygen atoms in total. The molecule has 0 bridgehead atoms. The minimum absolute atomic E-state index is 0.00727. The van der Waals surface area contributed by atoms with Gasteiger partial charge in [-0.25, -0.2) is 0 Å². The Kier molecular flexibility index (Phi) is 36.8. The van der Waals surface area contributed by atoms with Crippen LogP contribution in [0.2, 0.25) is 0 Å². The van der Waals surface area contributed by atoms with Crippen LogP contribution in [0, 0.1) is 0 Å². The number of aliphatic hydroxyl groups excluding tert-OH is 1. The molecule has 0 aliphatic heterocycles. The van der Waals surface area contributed by atoms with Crippen molar-refractivity contribution in [1.82, 2.24) is 5.32 Å². The number of phosphoric acid groups is 1. The normalized spacial score (nSPS) is 14.6. The number of hydrogen-bond acceptors (Lipinski definition) is 6. The summed E-state index contributed by atoms with van der Waals surface area (Å²) in [7, 11) is 1.29. The van der Waals surface area contributed by atoms with Crippen LogP contribution in [0.15, 0.2) is 24.3 Å². The van der Waals surface area contributed by atoms with E-state index in [0.29, 0.717) is 23.9 Å². The molecule has 0 aromatic carbocycles. The van der Waals surface area contributed by atoms with E-state index in [1.54, 1.807) is 0 Å². The minimum Gasteiger partial charge on any atom is -0.756 e. The third-order valence-corrected chi connectivity index (χ3v) is 11.1. The van der Waals surface area contributed by atoms with E-state index in [-0.39, 0.29) is 19.1 Å². The molecule has 0 fully saturated rings. The maximum atomic E-state index is 12.9. The fourth-order valence-electron chi connectivity index (χ4n) is 6.50. The van der Waals surface area contributed by atoms with Crippen molar-refractivity contribution in [2.45, 2.75) is 219 Å². The molecular formula is C45H89N2O6P. The molecular weight excluding hydrogens is 695 g/mol. The molecule has 0 saturated carbocycles. The Hall–Kier alpha value is -1.02. The molecule has 0 radical (unpaired) electrons. The Morgan fingerprint density at radius 3 is 1.44 bits per heavy atom. The first-order chi connectivity index (χ1) is 26.0. The highest BCUT2D eigenvalue weighted by Crippen LogP contribution is 2.38. The molecule has 0 rings (SSSR count). The zero-order valence-corrected chi connectivity index (χ0v) is 37.1. The Labute approximate surface area is 334 Å². The number of carbonyl (C=O) groups is 1. The molecule has 0 aromatic rings. The summed E-state index contributed by atoms with van der Waals surface area (Å²) in [5.41, 5.74) is 0. The van der Waals surface area contributed by atoms with Gasteiger partial charge in [-0.3, -0.25) is 9.36 Å². The van der Waals surface area contributed by atoms with E-state index in [1.807, 2.05) is 21.1 Å². The average Bonchev–Trinajstić information content (AvgIpc) is 3.12. The van der Waals surface area contributed by atoms with Crippen molar-refractivity contribution < 1.29 is 32.9 Å². The smallest absolute Gasteiger partial charge is 0.268 e. The first kappa shape index (κ1) is 53.0. The number of quaternary nitrogens is 1. The Bertz CT molecular complexity index is 938. The summed E-state index contributed by atoms with van der Waals surface area (Å²) in [6.07, 6.45) is 43.2. The molecule has 1 amide bonds. The van der Waals surface area contributed by atoms with Crippen molar-refractivity contribution in [2.24, 2.45) is 0 Å². The van der Waals surface area contributed by atoms with Gasteiger partial charge in [0.1, 0.15) is 13.2 Å². The first-order valence-electron chi connectivity index (χ1n) is 22.7. The molecule has 0 heterocycles. The molecule has 9 heteroatoms. The van der Waals surface area contributed by atoms with Crippen LogP contribution >= 0.6 is 7.82 Å². The van der Waals surface area contributed by atoms with E-state index in [0.717, 1.165) is 44.9 Å². The summed E-state index contributed by atoms with van der Waals surface area (Å²) in [4.78, 5) is 25.3. The van der Waals surface area contributed by atoms with E-state index in [4.69, 9.17) is 9.05 Å². The number of hydrogen-bond donors (Lipinski definition) is 2. The zero-order chi connectivity index (χ0) is 40.0. The van der Waals surface area contributed by atoms with Crippen molar-refractivity contribution in [2.75, 3.05) is 40.9 Å². The lowest BCUT2D eigenvalue weighted by Gasteiger charge is -2.30. The quantitative estimate of drug-likeness (QED) is 0.0277. The Balaban J connectivity index is 4.34. The van der Waals surface area contributed by atoms with Crippen molar-refractivity contribution >= 4 is 13.7 Å². The topological polar surface area (TPSA) is 108 Å². The summed E-state index contributed by atoms with van der Waals surface area (Å²) < 4.78 is 23.2. The summed E-state index contributed by atoms with van der Waals surface area (Å²) >= 11 is 0. The monoisotopic (exact) mass is 785 g/mol. The van der Waals surface area contributed by atoms with Gasteiger partial charge in [0.15, 0.2) is 0 Å². The van der Waals surface area contributed by atoms with Crippen LogP contribution in [0.5, 0.6) is 0 Å². The molecule has 0 aliphatic carbocycles. The SMILES string of the molecule is CCCCCCCC/C=C/CCCCCCCCCCCC(=O)N[C@@H](COP(=O)([O-])OCC[N+](C)(C)C)[C@H](O)CCCC/C=C/CCCCCCCCC. The average molecular weight is 785 g/mol. The molecule has 0 saturated heterocycles. The number of phosphoric ester groups is 1. The van der Waals surface area contributed by atoms with Crippen molar-refractivity contribution in [3.05, 3.63) is 24.3 Å². The van der Waals surface area contributed by atoms with Gasteiger partial charge in [-0.2, -0.15) is 0 Å². The molecule has 1 unspecified atom stereocenters. The number of aliphatic hydroxyl groups is 1. The number of nitrogens with zero attached hydrogens (tertiary/aromatic N) is 1. The molecule has 0 spiro atoms. The largest absolute Gasteiger partial charge is 0.756 e. The van der Waals surface area contributed by atoms with Gasteiger partial charge < -0.3 is 28.8 Å². The minimum atomic E-state index is -4.57. The van der Waals surface area contributed by atoms with Gasteiger partial charge in [0.25, 0.3) is 7.82 Å². The Morgan fingerprint density at radius 1 is 0.630 bits per heavy atom. The number of rotatable bonds is 41. The first-order valence-corrected chi connectivity index (χ1v) is 24.1. The standard InChI is InChI=1S/C45H89N2O6P/c1-6-8-10-12-14-16-18-20-21-22-23-24-25-27-29-31-33-35-37-39-45(49)46-43(42-53-54(50,51)52-41-40-47(3,4)5)44(48)38-36-34-32-30-28-26-19-17-15-13-11-9-7-2/h20-21,28,30,43-44,48H,6-19,22-27,29,31-42H2,1-5H3,(H-,46,49,50,51)/b21-20+,30-28+/t43-,44+/m0/s1. The zero-order valence-electron chi connectivity index (χ0n) is 36.2. The van der Waals surface area contributed by atoms with Gasteiger partial charge in [0.05, 0.1) is 39.9 Å². The molecule has 3 atom stereocenters. The lowest BCUT2D eigenvalue weighted by atomic mass is 10.0. The van der Waals surface area contributed by atoms with Gasteiger partial charge >= 0.3 is 0 Å². The number of unbranched alkanes of at least 4 members (excludes halogenated alkanes) is 24. The van der Waals surface area contributed by atoms with Crippen molar-refractivity contribution in [3.8, 4) is 0 Å². The van der Waals surface area contributed by atoms with E-state index in [1.165, 1.54) is 135 Å². The Morgan fingerprint density at radius 2 is 1.02 bits per heavy atom. The number of carbonyl (C=O) groups excluding carboxylic acids is 1. The second-order valence-electron chi connectivity index (χ2n) is 16.7. The lowest BCUT2D eigenvalue weighted by molar-refractivity contribution is -0.870. The second-order valence-corrected chi connectivity index (χ2v) is 18.2. The summed E-state index contributed by atoms with van der Waals surface area (Å²) in [6.45, 7) is 4.68. The molecule has 320 valence electrons. The number of nitrogens with one attached hydrogen (secondary N) is 1. The van der Waals surface area contributed by atoms with Crippen LogP contribution in [0.4, 0.5) is 0 Å². The van der Waals surface area contributed by atoms with E-state index in [2.05, 4.69) is 43.5 Å². The molecule has 0 aliphatic rings. The van der Waals surface area contributed by atoms with Crippen LogP contribution in [0.25, 0.3) is 0 Å². The second kappa shape index (κ2) is 37.6. The highest BCUT2D eigenvalue weighted by atomic mass is 31.2. The predicted molar refractivity (Wildman–Crippen MR) is 228 cm³/mol. The van der Waals surface area contributed by atoms with Crippen LogP contribution in [0.3, 0.4) is 0 Å². The number of likely N-dealkylation sites (N-methyl/N-ethyl adjacent to an activating group) is 1. The third-order valence-electron chi connectivity index (χ3n) is 10.2. The van der Waals surface area contributed by atoms with Gasteiger partial charge in [-0.05, 0) is 64.2 Å². The van der Waals surface area contributed by atoms with E-state index >= 15 is 0 Å². The lowest BCUT2D eigenvalue weighted by Crippen LogP contribution is -2.46. The van der Waals surface area contributed by atoms with E-state index in [9.17, 15) is 19.4 Å². The maximum absolute atomic E-state index is 12.9. The molecule has 0 aromatic heterocycles. The fraction of sp³-hybridized carbons (Fsp3) is 0.889. The van der Waals surface area contributed by atoms with Crippen molar-refractivity contribution in [3.63, 3.8) is 0 Å². The highest BCUT2D eigenvalue weighted by molar-refractivity contribution is 7.45. The van der Waals surface area contributed by atoms with Crippen molar-refractivity contribution in [1.29, 1.82) is 0 Å². The molecule has 2 N–H and O–H groups in total.